The Balaban J connectivity index is 1.48. The van der Waals surface area contributed by atoms with Crippen molar-refractivity contribution in [3.8, 4) is 5.75 Å². The van der Waals surface area contributed by atoms with Gasteiger partial charge in [0, 0.05) is 35.0 Å². The molecule has 0 radical (unpaired) electrons. The van der Waals surface area contributed by atoms with Crippen LogP contribution in [0.1, 0.15) is 20.9 Å². The second kappa shape index (κ2) is 8.90. The molecule has 1 aliphatic rings. The van der Waals surface area contributed by atoms with E-state index in [9.17, 15) is 4.79 Å². The van der Waals surface area contributed by atoms with Gasteiger partial charge in [-0.15, -0.1) is 22.7 Å². The molecular formula is C22H24N2O2S2. The van der Waals surface area contributed by atoms with Gasteiger partial charge < -0.3 is 9.64 Å². The van der Waals surface area contributed by atoms with E-state index in [1.165, 1.54) is 15.3 Å². The maximum atomic E-state index is 13.2. The van der Waals surface area contributed by atoms with Crippen molar-refractivity contribution in [1.82, 2.24) is 9.80 Å². The number of nitrogens with zero attached hydrogens (tertiary/aromatic N) is 2. The van der Waals surface area contributed by atoms with Crippen LogP contribution in [0.15, 0.2) is 53.2 Å². The lowest BCUT2D eigenvalue weighted by molar-refractivity contribution is -0.133. The summed E-state index contributed by atoms with van der Waals surface area (Å²) in [6.45, 7) is 3.45. The van der Waals surface area contributed by atoms with Crippen molar-refractivity contribution in [3.63, 3.8) is 0 Å². The highest BCUT2D eigenvalue weighted by Gasteiger charge is 2.23. The molecule has 28 heavy (non-hydrogen) atoms. The van der Waals surface area contributed by atoms with Gasteiger partial charge in [0.05, 0.1) is 20.2 Å². The fraction of sp³-hybridized carbons (Fsp3) is 0.318. The number of carbonyl (C=O) groups excluding carboxylic acids is 1. The van der Waals surface area contributed by atoms with Crippen LogP contribution < -0.4 is 4.74 Å². The molecule has 0 atom stereocenters. The Kier molecular flexibility index (Phi) is 6.10. The predicted molar refractivity (Wildman–Crippen MR) is 115 cm³/mol. The van der Waals surface area contributed by atoms with Gasteiger partial charge >= 0.3 is 0 Å². The number of thiophene rings is 2. The van der Waals surface area contributed by atoms with E-state index in [0.29, 0.717) is 19.6 Å². The van der Waals surface area contributed by atoms with Crippen LogP contribution in [-0.2, 0) is 30.8 Å². The molecule has 4 nitrogen and oxygen atoms in total. The van der Waals surface area contributed by atoms with Crippen LogP contribution in [0.5, 0.6) is 5.75 Å². The van der Waals surface area contributed by atoms with Crippen molar-refractivity contribution in [2.75, 3.05) is 20.2 Å². The van der Waals surface area contributed by atoms with Crippen molar-refractivity contribution >= 4 is 28.6 Å². The van der Waals surface area contributed by atoms with Crippen LogP contribution in [0.3, 0.4) is 0 Å². The van der Waals surface area contributed by atoms with Gasteiger partial charge in [0.15, 0.2) is 0 Å². The summed E-state index contributed by atoms with van der Waals surface area (Å²) in [5.41, 5.74) is 2.41. The Labute approximate surface area is 174 Å². The van der Waals surface area contributed by atoms with E-state index >= 15 is 0 Å². The molecule has 0 saturated carbocycles. The van der Waals surface area contributed by atoms with Gasteiger partial charge in [-0.05, 0) is 40.9 Å². The standard InChI is InChI=1S/C22H24N2O2S2/c1-26-20-7-3-2-5-17(20)14-24(15-19-6-4-11-27-19)22(25)16-23-10-8-21-18(13-23)9-12-28-21/h2-7,9,11-12H,8,10,13-16H2,1H3. The van der Waals surface area contributed by atoms with E-state index in [1.54, 1.807) is 18.4 Å². The number of rotatable bonds is 7. The molecular weight excluding hydrogens is 388 g/mol. The number of carbonyl (C=O) groups is 1. The minimum absolute atomic E-state index is 0.165. The molecule has 2 aromatic heterocycles. The zero-order valence-electron chi connectivity index (χ0n) is 16.0. The third kappa shape index (κ3) is 4.46. The third-order valence-electron chi connectivity index (χ3n) is 5.08. The number of hydrogen-bond donors (Lipinski definition) is 0. The highest BCUT2D eigenvalue weighted by Crippen LogP contribution is 2.25. The first kappa shape index (κ1) is 19.2. The van der Waals surface area contributed by atoms with E-state index in [4.69, 9.17) is 4.74 Å². The van der Waals surface area contributed by atoms with E-state index < -0.39 is 0 Å². The molecule has 146 valence electrons. The number of ether oxygens (including phenoxy) is 1. The van der Waals surface area contributed by atoms with Crippen molar-refractivity contribution in [3.05, 3.63) is 74.1 Å². The highest BCUT2D eigenvalue weighted by atomic mass is 32.1. The first-order chi connectivity index (χ1) is 13.7. The lowest BCUT2D eigenvalue weighted by atomic mass is 10.1. The Morgan fingerprint density at radius 1 is 1.11 bits per heavy atom. The first-order valence-corrected chi connectivity index (χ1v) is 11.2. The lowest BCUT2D eigenvalue weighted by Gasteiger charge is -2.30. The molecule has 0 unspecified atom stereocenters. The van der Waals surface area contributed by atoms with Gasteiger partial charge in [-0.3, -0.25) is 9.69 Å². The zero-order valence-corrected chi connectivity index (χ0v) is 17.6. The summed E-state index contributed by atoms with van der Waals surface area (Å²) in [6.07, 6.45) is 1.04. The fourth-order valence-corrected chi connectivity index (χ4v) is 5.20. The topological polar surface area (TPSA) is 32.8 Å². The summed E-state index contributed by atoms with van der Waals surface area (Å²) in [6, 6.07) is 14.3. The Morgan fingerprint density at radius 3 is 2.82 bits per heavy atom. The average molecular weight is 413 g/mol. The number of hydrogen-bond acceptors (Lipinski definition) is 5. The van der Waals surface area contributed by atoms with Crippen LogP contribution in [0.4, 0.5) is 0 Å². The number of methoxy groups -OCH3 is 1. The van der Waals surface area contributed by atoms with Crippen LogP contribution in [0, 0.1) is 0 Å². The molecule has 0 N–H and O–H groups in total. The quantitative estimate of drug-likeness (QED) is 0.576. The summed E-state index contributed by atoms with van der Waals surface area (Å²) in [7, 11) is 1.68. The van der Waals surface area contributed by atoms with E-state index in [1.807, 2.05) is 46.6 Å². The van der Waals surface area contributed by atoms with Crippen molar-refractivity contribution < 1.29 is 9.53 Å². The fourth-order valence-electron chi connectivity index (χ4n) is 3.60. The van der Waals surface area contributed by atoms with Crippen molar-refractivity contribution in [2.24, 2.45) is 0 Å². The summed E-state index contributed by atoms with van der Waals surface area (Å²) < 4.78 is 5.50. The van der Waals surface area contributed by atoms with Crippen molar-refractivity contribution in [2.45, 2.75) is 26.1 Å². The number of para-hydroxylation sites is 1. The smallest absolute Gasteiger partial charge is 0.237 e. The van der Waals surface area contributed by atoms with Gasteiger partial charge in [0.25, 0.3) is 0 Å². The molecule has 3 aromatic rings. The zero-order chi connectivity index (χ0) is 19.3. The van der Waals surface area contributed by atoms with Gasteiger partial charge in [-0.1, -0.05) is 24.3 Å². The predicted octanol–water partition coefficient (Wildman–Crippen LogP) is 4.41. The number of amides is 1. The van der Waals surface area contributed by atoms with E-state index in [-0.39, 0.29) is 5.91 Å². The van der Waals surface area contributed by atoms with Gasteiger partial charge in [-0.2, -0.15) is 0 Å². The molecule has 4 rings (SSSR count). The van der Waals surface area contributed by atoms with Crippen LogP contribution in [0.25, 0.3) is 0 Å². The molecule has 0 spiro atoms. The molecule has 1 aliphatic heterocycles. The normalized spacial score (nSPS) is 13.9. The number of benzene rings is 1. The van der Waals surface area contributed by atoms with E-state index in [2.05, 4.69) is 27.8 Å². The van der Waals surface area contributed by atoms with Crippen LogP contribution >= 0.6 is 22.7 Å². The summed E-state index contributed by atoms with van der Waals surface area (Å²) in [5.74, 6) is 0.991. The number of fused-ring (bicyclic) bond motifs is 1. The lowest BCUT2D eigenvalue weighted by Crippen LogP contribution is -2.41. The molecule has 3 heterocycles. The summed E-state index contributed by atoms with van der Waals surface area (Å²) in [5, 5.41) is 4.21. The maximum absolute atomic E-state index is 13.2. The molecule has 1 amide bonds. The minimum Gasteiger partial charge on any atom is -0.496 e. The molecule has 0 fully saturated rings. The largest absolute Gasteiger partial charge is 0.496 e. The van der Waals surface area contributed by atoms with Gasteiger partial charge in [0.2, 0.25) is 5.91 Å². The second-order valence-electron chi connectivity index (χ2n) is 6.97. The Hall–Kier alpha value is -2.15. The van der Waals surface area contributed by atoms with E-state index in [0.717, 1.165) is 30.8 Å². The average Bonchev–Trinajstić information content (AvgIpc) is 3.39. The maximum Gasteiger partial charge on any atom is 0.237 e. The Bertz CT molecular complexity index is 920. The summed E-state index contributed by atoms with van der Waals surface area (Å²) in [4.78, 5) is 20.1. The first-order valence-electron chi connectivity index (χ1n) is 9.42. The van der Waals surface area contributed by atoms with Gasteiger partial charge in [0.1, 0.15) is 5.75 Å². The second-order valence-corrected chi connectivity index (χ2v) is 9.00. The third-order valence-corrected chi connectivity index (χ3v) is 6.96. The SMILES string of the molecule is COc1ccccc1CN(Cc1cccs1)C(=O)CN1CCc2sccc2C1. The molecule has 6 heteroatoms. The monoisotopic (exact) mass is 412 g/mol. The molecule has 1 aromatic carbocycles. The summed E-state index contributed by atoms with van der Waals surface area (Å²) >= 11 is 3.52. The Morgan fingerprint density at radius 2 is 2.00 bits per heavy atom. The molecule has 0 saturated heterocycles. The molecule has 0 aliphatic carbocycles. The minimum atomic E-state index is 0.165. The van der Waals surface area contributed by atoms with Crippen molar-refractivity contribution in [1.29, 1.82) is 0 Å². The molecule has 0 bridgehead atoms. The van der Waals surface area contributed by atoms with Crippen LogP contribution in [-0.4, -0.2) is 35.9 Å². The highest BCUT2D eigenvalue weighted by molar-refractivity contribution is 7.10. The van der Waals surface area contributed by atoms with Gasteiger partial charge in [-0.25, -0.2) is 0 Å². The van der Waals surface area contributed by atoms with Crippen LogP contribution in [0.2, 0.25) is 0 Å².